The molecule has 20 heavy (non-hydrogen) atoms. The average Bonchev–Trinajstić information content (AvgIpc) is 2.38. The molecule has 0 saturated heterocycles. The van der Waals surface area contributed by atoms with Gasteiger partial charge in [-0.3, -0.25) is 10.1 Å². The van der Waals surface area contributed by atoms with Gasteiger partial charge in [-0.2, -0.15) is 4.98 Å². The molecule has 0 bridgehead atoms. The Hall–Kier alpha value is -1.92. The number of anilines is 2. The highest BCUT2D eigenvalue weighted by Gasteiger charge is 2.19. The molecule has 2 N–H and O–H groups in total. The minimum Gasteiger partial charge on any atom is -0.362 e. The van der Waals surface area contributed by atoms with Gasteiger partial charge >= 0.3 is 5.69 Å². The fourth-order valence-electron chi connectivity index (χ4n) is 1.92. The predicted molar refractivity (Wildman–Crippen MR) is 80.0 cm³/mol. The first-order valence-electron chi connectivity index (χ1n) is 6.99. The van der Waals surface area contributed by atoms with E-state index < -0.39 is 4.92 Å². The van der Waals surface area contributed by atoms with Crippen molar-refractivity contribution in [1.82, 2.24) is 9.97 Å². The van der Waals surface area contributed by atoms with E-state index in [-0.39, 0.29) is 17.5 Å². The molecule has 0 amide bonds. The molecule has 1 aromatic rings. The molecule has 7 nitrogen and oxygen atoms in total. The van der Waals surface area contributed by atoms with Crippen LogP contribution < -0.4 is 10.6 Å². The highest BCUT2D eigenvalue weighted by molar-refractivity contribution is 5.57. The molecule has 0 radical (unpaired) electrons. The Morgan fingerprint density at radius 2 is 2.10 bits per heavy atom. The monoisotopic (exact) mass is 281 g/mol. The predicted octanol–water partition coefficient (Wildman–Crippen LogP) is 3.05. The van der Waals surface area contributed by atoms with Gasteiger partial charge in [0.2, 0.25) is 11.8 Å². The lowest BCUT2D eigenvalue weighted by Gasteiger charge is -2.18. The number of nitrogens with one attached hydrogen (secondary N) is 2. The summed E-state index contributed by atoms with van der Waals surface area (Å²) in [6, 6.07) is 0.119. The van der Waals surface area contributed by atoms with E-state index in [2.05, 4.69) is 34.4 Å². The largest absolute Gasteiger partial charge is 0.362 e. The van der Waals surface area contributed by atoms with Crippen LogP contribution in [0.3, 0.4) is 0 Å². The summed E-state index contributed by atoms with van der Waals surface area (Å²) in [5, 5.41) is 17.1. The van der Waals surface area contributed by atoms with Gasteiger partial charge < -0.3 is 10.6 Å². The second-order valence-electron chi connectivity index (χ2n) is 5.01. The number of hydrogen-bond acceptors (Lipinski definition) is 6. The highest BCUT2D eigenvalue weighted by Crippen LogP contribution is 2.24. The first-order chi connectivity index (χ1) is 9.47. The van der Waals surface area contributed by atoms with Crippen LogP contribution in [0, 0.1) is 16.0 Å². The smallest absolute Gasteiger partial charge is 0.329 e. The van der Waals surface area contributed by atoms with Gasteiger partial charge in [-0.15, -0.1) is 0 Å². The minimum atomic E-state index is -0.464. The molecule has 112 valence electrons. The molecule has 2 unspecified atom stereocenters. The number of nitro groups is 1. The molecule has 2 atom stereocenters. The minimum absolute atomic E-state index is 0.0948. The van der Waals surface area contributed by atoms with Crippen LogP contribution in [0.4, 0.5) is 17.5 Å². The van der Waals surface area contributed by atoms with Crippen LogP contribution in [0.5, 0.6) is 0 Å². The Labute approximate surface area is 119 Å². The number of nitrogens with zero attached hydrogens (tertiary/aromatic N) is 3. The molecule has 1 aromatic heterocycles. The summed E-state index contributed by atoms with van der Waals surface area (Å²) in [6.45, 7) is 8.89. The standard InChI is InChI=1S/C13H23N5O2/c1-5-9(3)7-10(4)16-12-11(18(19)20)8-15-13(17-12)14-6-2/h8-10H,5-7H2,1-4H3,(H2,14,15,16,17). The first-order valence-corrected chi connectivity index (χ1v) is 6.99. The van der Waals surface area contributed by atoms with Crippen LogP contribution in [0.1, 0.15) is 40.5 Å². The molecule has 0 spiro atoms. The molecule has 0 aliphatic carbocycles. The van der Waals surface area contributed by atoms with E-state index in [1.54, 1.807) is 0 Å². The lowest BCUT2D eigenvalue weighted by atomic mass is 10.0. The van der Waals surface area contributed by atoms with Crippen LogP contribution in [0.25, 0.3) is 0 Å². The van der Waals surface area contributed by atoms with Crippen molar-refractivity contribution < 1.29 is 4.92 Å². The van der Waals surface area contributed by atoms with Crippen molar-refractivity contribution in [3.63, 3.8) is 0 Å². The summed E-state index contributed by atoms with van der Waals surface area (Å²) in [5.41, 5.74) is -0.0948. The van der Waals surface area contributed by atoms with Crippen LogP contribution in [-0.4, -0.2) is 27.5 Å². The average molecular weight is 281 g/mol. The third-order valence-electron chi connectivity index (χ3n) is 3.14. The highest BCUT2D eigenvalue weighted by atomic mass is 16.6. The van der Waals surface area contributed by atoms with E-state index in [0.29, 0.717) is 18.4 Å². The quantitative estimate of drug-likeness (QED) is 0.562. The van der Waals surface area contributed by atoms with Crippen molar-refractivity contribution in [3.05, 3.63) is 16.3 Å². The molecule has 0 saturated carbocycles. The number of aromatic nitrogens is 2. The van der Waals surface area contributed by atoms with Crippen molar-refractivity contribution >= 4 is 17.5 Å². The Kier molecular flexibility index (Phi) is 6.14. The fourth-order valence-corrected chi connectivity index (χ4v) is 1.92. The second kappa shape index (κ2) is 7.62. The molecule has 1 rings (SSSR count). The van der Waals surface area contributed by atoms with Crippen LogP contribution in [-0.2, 0) is 0 Å². The third kappa shape index (κ3) is 4.64. The van der Waals surface area contributed by atoms with E-state index >= 15 is 0 Å². The maximum atomic E-state index is 11.0. The van der Waals surface area contributed by atoms with Crippen molar-refractivity contribution in [2.24, 2.45) is 5.92 Å². The molecular weight excluding hydrogens is 258 g/mol. The molecule has 1 heterocycles. The van der Waals surface area contributed by atoms with E-state index in [0.717, 1.165) is 12.8 Å². The Morgan fingerprint density at radius 1 is 1.40 bits per heavy atom. The summed E-state index contributed by atoms with van der Waals surface area (Å²) in [4.78, 5) is 18.7. The number of rotatable bonds is 8. The lowest BCUT2D eigenvalue weighted by molar-refractivity contribution is -0.384. The zero-order valence-corrected chi connectivity index (χ0v) is 12.5. The molecule has 0 aromatic carbocycles. The van der Waals surface area contributed by atoms with Gasteiger partial charge in [-0.05, 0) is 26.2 Å². The second-order valence-corrected chi connectivity index (χ2v) is 5.01. The van der Waals surface area contributed by atoms with Gasteiger partial charge in [0.05, 0.1) is 4.92 Å². The van der Waals surface area contributed by atoms with Crippen molar-refractivity contribution in [2.75, 3.05) is 17.2 Å². The van der Waals surface area contributed by atoms with E-state index in [4.69, 9.17) is 0 Å². The van der Waals surface area contributed by atoms with Crippen LogP contribution >= 0.6 is 0 Å². The number of hydrogen-bond donors (Lipinski definition) is 2. The van der Waals surface area contributed by atoms with E-state index in [9.17, 15) is 10.1 Å². The van der Waals surface area contributed by atoms with Gasteiger partial charge in [0.15, 0.2) is 0 Å². The van der Waals surface area contributed by atoms with Crippen molar-refractivity contribution in [3.8, 4) is 0 Å². The third-order valence-corrected chi connectivity index (χ3v) is 3.14. The lowest BCUT2D eigenvalue weighted by Crippen LogP contribution is -2.20. The molecule has 7 heteroatoms. The SMILES string of the molecule is CCNc1ncc([N+](=O)[O-])c(NC(C)CC(C)CC)n1. The van der Waals surface area contributed by atoms with Crippen LogP contribution in [0.15, 0.2) is 6.20 Å². The molecule has 0 aliphatic rings. The zero-order chi connectivity index (χ0) is 15.1. The van der Waals surface area contributed by atoms with Gasteiger partial charge in [-0.25, -0.2) is 4.98 Å². The van der Waals surface area contributed by atoms with Gasteiger partial charge in [0.25, 0.3) is 0 Å². The molecule has 0 aliphatic heterocycles. The van der Waals surface area contributed by atoms with Gasteiger partial charge in [0.1, 0.15) is 6.20 Å². The Morgan fingerprint density at radius 3 is 2.65 bits per heavy atom. The fraction of sp³-hybridized carbons (Fsp3) is 0.692. The topological polar surface area (TPSA) is 93.0 Å². The zero-order valence-electron chi connectivity index (χ0n) is 12.5. The molecule has 0 fully saturated rings. The van der Waals surface area contributed by atoms with Gasteiger partial charge in [0, 0.05) is 12.6 Å². The molecular formula is C13H23N5O2. The Bertz CT molecular complexity index is 452. The summed E-state index contributed by atoms with van der Waals surface area (Å²) >= 11 is 0. The van der Waals surface area contributed by atoms with Crippen molar-refractivity contribution in [1.29, 1.82) is 0 Å². The van der Waals surface area contributed by atoms with Crippen molar-refractivity contribution in [2.45, 2.75) is 46.6 Å². The normalized spacial score (nSPS) is 13.6. The maximum absolute atomic E-state index is 11.0. The summed E-state index contributed by atoms with van der Waals surface area (Å²) in [6.07, 6.45) is 3.26. The Balaban J connectivity index is 2.89. The van der Waals surface area contributed by atoms with E-state index in [1.165, 1.54) is 6.20 Å². The summed E-state index contributed by atoms with van der Waals surface area (Å²) in [5.74, 6) is 1.24. The summed E-state index contributed by atoms with van der Waals surface area (Å²) in [7, 11) is 0. The van der Waals surface area contributed by atoms with Gasteiger partial charge in [-0.1, -0.05) is 20.3 Å². The van der Waals surface area contributed by atoms with E-state index in [1.807, 2.05) is 13.8 Å². The first kappa shape index (κ1) is 16.1. The summed E-state index contributed by atoms with van der Waals surface area (Å²) < 4.78 is 0. The maximum Gasteiger partial charge on any atom is 0.329 e. The van der Waals surface area contributed by atoms with Crippen LogP contribution in [0.2, 0.25) is 0 Å².